The maximum atomic E-state index is 8.78. The van der Waals surface area contributed by atoms with Crippen molar-refractivity contribution < 1.29 is 9.15 Å². The van der Waals surface area contributed by atoms with Crippen LogP contribution in [0, 0.1) is 29.1 Å². The van der Waals surface area contributed by atoms with Crippen molar-refractivity contribution in [2.45, 2.75) is 44.1 Å². The Balaban J connectivity index is 1.59. The summed E-state index contributed by atoms with van der Waals surface area (Å²) in [4.78, 5) is 0. The highest BCUT2D eigenvalue weighted by molar-refractivity contribution is 5.22. The van der Waals surface area contributed by atoms with Crippen LogP contribution in [0.15, 0.2) is 16.5 Å². The van der Waals surface area contributed by atoms with Crippen LogP contribution in [0.2, 0.25) is 0 Å². The van der Waals surface area contributed by atoms with Gasteiger partial charge in [-0.1, -0.05) is 0 Å². The van der Waals surface area contributed by atoms with Crippen LogP contribution in [-0.2, 0) is 0 Å². The normalized spacial score (nSPS) is 40.7. The van der Waals surface area contributed by atoms with E-state index in [1.807, 2.05) is 6.07 Å². The van der Waals surface area contributed by atoms with Crippen molar-refractivity contribution in [3.05, 3.63) is 17.9 Å². The number of nitrogens with zero attached hydrogens (tertiary/aromatic N) is 1. The van der Waals surface area contributed by atoms with Crippen LogP contribution in [-0.4, -0.2) is 5.60 Å². The van der Waals surface area contributed by atoms with Crippen molar-refractivity contribution in [1.82, 2.24) is 0 Å². The number of furan rings is 1. The monoisotopic (exact) mass is 243 g/mol. The van der Waals surface area contributed by atoms with Gasteiger partial charge in [0.2, 0.25) is 5.76 Å². The van der Waals surface area contributed by atoms with Gasteiger partial charge in [-0.2, -0.15) is 5.26 Å². The number of rotatable bonds is 2. The van der Waals surface area contributed by atoms with Gasteiger partial charge < -0.3 is 9.15 Å². The molecule has 1 aromatic rings. The Morgan fingerprint density at radius 3 is 2.22 bits per heavy atom. The second-order valence-electron chi connectivity index (χ2n) is 6.43. The highest BCUT2D eigenvalue weighted by Gasteiger charge is 2.52. The Hall–Kier alpha value is -1.43. The molecule has 0 spiro atoms. The van der Waals surface area contributed by atoms with Crippen LogP contribution >= 0.6 is 0 Å². The van der Waals surface area contributed by atoms with E-state index in [0.717, 1.165) is 17.8 Å². The average molecular weight is 243 g/mol. The highest BCUT2D eigenvalue weighted by Crippen LogP contribution is 2.57. The predicted octanol–water partition coefficient (Wildman–Crippen LogP) is 3.50. The standard InChI is InChI=1S/C15H17NO2/c16-9-13-1-2-14(17-13)18-15-6-10-3-11(7-15)5-12(4-10)8-15/h1-2,10-12H,3-8H2. The molecule has 0 atom stereocenters. The fourth-order valence-corrected chi connectivity index (χ4v) is 4.80. The van der Waals surface area contributed by atoms with E-state index >= 15 is 0 Å². The minimum atomic E-state index is 0.0132. The molecule has 0 unspecified atom stereocenters. The molecule has 1 aromatic heterocycles. The summed E-state index contributed by atoms with van der Waals surface area (Å²) in [6.45, 7) is 0. The van der Waals surface area contributed by atoms with E-state index in [1.165, 1.54) is 38.5 Å². The second-order valence-corrected chi connectivity index (χ2v) is 6.43. The number of hydrogen-bond acceptors (Lipinski definition) is 3. The van der Waals surface area contributed by atoms with Gasteiger partial charge in [0.05, 0.1) is 0 Å². The summed E-state index contributed by atoms with van der Waals surface area (Å²) in [6.07, 6.45) is 7.77. The maximum Gasteiger partial charge on any atom is 0.286 e. The van der Waals surface area contributed by atoms with E-state index in [1.54, 1.807) is 12.1 Å². The van der Waals surface area contributed by atoms with Crippen LogP contribution in [0.3, 0.4) is 0 Å². The van der Waals surface area contributed by atoms with Crippen molar-refractivity contribution in [2.24, 2.45) is 17.8 Å². The van der Waals surface area contributed by atoms with Crippen LogP contribution in [0.25, 0.3) is 0 Å². The molecule has 4 aliphatic rings. The molecule has 0 aromatic carbocycles. The number of ether oxygens (including phenoxy) is 1. The Morgan fingerprint density at radius 2 is 1.72 bits per heavy atom. The molecule has 1 heterocycles. The first-order valence-corrected chi connectivity index (χ1v) is 6.94. The first-order chi connectivity index (χ1) is 8.75. The van der Waals surface area contributed by atoms with E-state index in [4.69, 9.17) is 14.4 Å². The van der Waals surface area contributed by atoms with Gasteiger partial charge in [0.1, 0.15) is 11.7 Å². The lowest BCUT2D eigenvalue weighted by atomic mass is 9.54. The van der Waals surface area contributed by atoms with Crippen LogP contribution in [0.4, 0.5) is 0 Å². The lowest BCUT2D eigenvalue weighted by Gasteiger charge is -2.55. The third-order valence-corrected chi connectivity index (χ3v) is 4.99. The Labute approximate surface area is 107 Å². The molecule has 4 saturated carbocycles. The van der Waals surface area contributed by atoms with E-state index in [9.17, 15) is 0 Å². The largest absolute Gasteiger partial charge is 0.458 e. The first-order valence-electron chi connectivity index (χ1n) is 6.94. The molecule has 5 rings (SSSR count). The summed E-state index contributed by atoms with van der Waals surface area (Å²) in [5, 5.41) is 8.78. The quantitative estimate of drug-likeness (QED) is 0.798. The first kappa shape index (κ1) is 10.5. The lowest BCUT2D eigenvalue weighted by Crippen LogP contribution is -2.53. The SMILES string of the molecule is N#Cc1ccc(OC23CC4CC(CC(C4)C2)C3)o1. The van der Waals surface area contributed by atoms with Crippen molar-refractivity contribution in [1.29, 1.82) is 5.26 Å². The molecule has 3 nitrogen and oxygen atoms in total. The Bertz CT molecular complexity index is 476. The zero-order chi connectivity index (χ0) is 12.2. The molecule has 0 aliphatic heterocycles. The van der Waals surface area contributed by atoms with Gasteiger partial charge in [0.25, 0.3) is 5.95 Å². The maximum absolute atomic E-state index is 8.78. The third-order valence-electron chi connectivity index (χ3n) is 4.99. The highest BCUT2D eigenvalue weighted by atomic mass is 16.6. The molecule has 0 amide bonds. The van der Waals surface area contributed by atoms with Gasteiger partial charge in [-0.3, -0.25) is 0 Å². The summed E-state index contributed by atoms with van der Waals surface area (Å²) in [7, 11) is 0. The molecule has 0 radical (unpaired) electrons. The summed E-state index contributed by atoms with van der Waals surface area (Å²) in [5.41, 5.74) is 0.0132. The zero-order valence-corrected chi connectivity index (χ0v) is 10.4. The molecule has 94 valence electrons. The van der Waals surface area contributed by atoms with E-state index in [0.29, 0.717) is 11.7 Å². The van der Waals surface area contributed by atoms with Gasteiger partial charge in [-0.25, -0.2) is 0 Å². The smallest absolute Gasteiger partial charge is 0.286 e. The van der Waals surface area contributed by atoms with Gasteiger partial charge >= 0.3 is 0 Å². The average Bonchev–Trinajstić information content (AvgIpc) is 2.74. The molecule has 18 heavy (non-hydrogen) atoms. The fourth-order valence-electron chi connectivity index (χ4n) is 4.80. The van der Waals surface area contributed by atoms with Crippen LogP contribution < -0.4 is 4.74 Å². The lowest BCUT2D eigenvalue weighted by molar-refractivity contribution is -0.115. The fraction of sp³-hybridized carbons (Fsp3) is 0.667. The van der Waals surface area contributed by atoms with Crippen LogP contribution in [0.1, 0.15) is 44.3 Å². The Morgan fingerprint density at radius 1 is 1.11 bits per heavy atom. The van der Waals surface area contributed by atoms with Gasteiger partial charge in [-0.15, -0.1) is 0 Å². The number of hydrogen-bond donors (Lipinski definition) is 0. The zero-order valence-electron chi connectivity index (χ0n) is 10.4. The molecule has 4 aliphatic carbocycles. The van der Waals surface area contributed by atoms with Gasteiger partial charge in [0.15, 0.2) is 0 Å². The molecular weight excluding hydrogens is 226 g/mol. The summed E-state index contributed by atoms with van der Waals surface area (Å²) < 4.78 is 11.6. The molecule has 3 heteroatoms. The summed E-state index contributed by atoms with van der Waals surface area (Å²) >= 11 is 0. The molecule has 4 bridgehead atoms. The van der Waals surface area contributed by atoms with E-state index in [-0.39, 0.29) is 5.60 Å². The molecular formula is C15H17NO2. The van der Waals surface area contributed by atoms with Crippen LogP contribution in [0.5, 0.6) is 5.95 Å². The van der Waals surface area contributed by atoms with E-state index in [2.05, 4.69) is 0 Å². The second kappa shape index (κ2) is 3.54. The number of nitriles is 1. The molecule has 0 N–H and O–H groups in total. The minimum absolute atomic E-state index is 0.0132. The van der Waals surface area contributed by atoms with Gasteiger partial charge in [0, 0.05) is 6.07 Å². The molecule has 4 fully saturated rings. The van der Waals surface area contributed by atoms with E-state index < -0.39 is 0 Å². The van der Waals surface area contributed by atoms with Crippen molar-refractivity contribution in [3.63, 3.8) is 0 Å². The molecule has 0 saturated heterocycles. The van der Waals surface area contributed by atoms with Crippen molar-refractivity contribution in [2.75, 3.05) is 0 Å². The predicted molar refractivity (Wildman–Crippen MR) is 65.0 cm³/mol. The third kappa shape index (κ3) is 1.55. The van der Waals surface area contributed by atoms with Gasteiger partial charge in [-0.05, 0) is 62.3 Å². The minimum Gasteiger partial charge on any atom is -0.458 e. The topological polar surface area (TPSA) is 46.2 Å². The summed E-state index contributed by atoms with van der Waals surface area (Å²) in [6, 6.07) is 5.49. The van der Waals surface area contributed by atoms with Crippen molar-refractivity contribution >= 4 is 0 Å². The summed E-state index contributed by atoms with van der Waals surface area (Å²) in [5.74, 6) is 3.47. The van der Waals surface area contributed by atoms with Crippen molar-refractivity contribution in [3.8, 4) is 12.0 Å². The Kier molecular flexibility index (Phi) is 2.06.